The summed E-state index contributed by atoms with van der Waals surface area (Å²) >= 11 is 0. The number of esters is 1. The van der Waals surface area contributed by atoms with E-state index in [2.05, 4.69) is 10.6 Å². The molecule has 13 nitrogen and oxygen atoms in total. The monoisotopic (exact) mass is 675 g/mol. The molecule has 0 aromatic heterocycles. The molecule has 1 fully saturated rings. The van der Waals surface area contributed by atoms with Gasteiger partial charge < -0.3 is 40.4 Å². The number of benzene rings is 1. The lowest BCUT2D eigenvalue weighted by Gasteiger charge is -2.39. The maximum Gasteiger partial charge on any atom is 0.322 e. The number of carbonyl (C=O) groups is 5. The Hall–Kier alpha value is -3.55. The summed E-state index contributed by atoms with van der Waals surface area (Å²) in [5.74, 6) is -2.23. The van der Waals surface area contributed by atoms with Gasteiger partial charge in [-0.1, -0.05) is 57.5 Å². The Kier molecular flexibility index (Phi) is 17.0. The topological polar surface area (TPSA) is 170 Å². The number of likely N-dealkylation sites (tertiary alicyclic amines) is 1. The minimum atomic E-state index is -0.913. The Morgan fingerprint density at radius 1 is 1.04 bits per heavy atom. The number of rotatable bonds is 19. The number of hydrogen-bond acceptors (Lipinski definition) is 9. The van der Waals surface area contributed by atoms with Crippen LogP contribution in [0.5, 0.6) is 0 Å². The summed E-state index contributed by atoms with van der Waals surface area (Å²) in [6.07, 6.45) is 1.37. The van der Waals surface area contributed by atoms with E-state index in [4.69, 9.17) is 19.9 Å². The number of nitrogens with one attached hydrogen (secondary N) is 2. The van der Waals surface area contributed by atoms with Gasteiger partial charge in [0.15, 0.2) is 0 Å². The van der Waals surface area contributed by atoms with Crippen LogP contribution in [-0.2, 0) is 44.6 Å². The lowest BCUT2D eigenvalue weighted by atomic mass is 9.90. The van der Waals surface area contributed by atoms with Gasteiger partial charge in [-0.3, -0.25) is 24.0 Å². The first kappa shape index (κ1) is 40.6. The lowest BCUT2D eigenvalue weighted by Crippen LogP contribution is -2.55. The Balaban J connectivity index is 2.18. The molecule has 4 amide bonds. The van der Waals surface area contributed by atoms with Crippen molar-refractivity contribution in [3.05, 3.63) is 35.9 Å². The van der Waals surface area contributed by atoms with Crippen molar-refractivity contribution in [3.63, 3.8) is 0 Å². The van der Waals surface area contributed by atoms with Crippen LogP contribution in [0.4, 0.5) is 0 Å². The minimum absolute atomic E-state index is 0.0520. The maximum atomic E-state index is 13.8. The van der Waals surface area contributed by atoms with Gasteiger partial charge in [0, 0.05) is 41.2 Å². The maximum absolute atomic E-state index is 13.8. The second-order valence-electron chi connectivity index (χ2n) is 12.8. The number of likely N-dealkylation sites (N-methyl/N-ethyl adjacent to an activating group) is 1. The summed E-state index contributed by atoms with van der Waals surface area (Å²) in [7, 11) is 4.81. The van der Waals surface area contributed by atoms with Crippen LogP contribution in [0.25, 0.3) is 0 Å². The quantitative estimate of drug-likeness (QED) is 0.146. The molecule has 4 N–H and O–H groups in total. The van der Waals surface area contributed by atoms with Crippen LogP contribution in [0.15, 0.2) is 30.3 Å². The molecule has 1 aliphatic heterocycles. The van der Waals surface area contributed by atoms with Gasteiger partial charge in [0.05, 0.1) is 43.2 Å². The highest BCUT2D eigenvalue weighted by atomic mass is 16.5. The summed E-state index contributed by atoms with van der Waals surface area (Å²) in [4.78, 5) is 68.2. The fourth-order valence-electron chi connectivity index (χ4n) is 6.31. The normalized spacial score (nSPS) is 18.9. The van der Waals surface area contributed by atoms with E-state index in [1.807, 2.05) is 44.2 Å². The van der Waals surface area contributed by atoms with Crippen LogP contribution in [0.3, 0.4) is 0 Å². The van der Waals surface area contributed by atoms with E-state index in [-0.39, 0.29) is 55.8 Å². The zero-order chi connectivity index (χ0) is 36.0. The molecule has 1 heterocycles. The van der Waals surface area contributed by atoms with Gasteiger partial charge in [0.25, 0.3) is 0 Å². The molecule has 1 saturated heterocycles. The van der Waals surface area contributed by atoms with Crippen molar-refractivity contribution >= 4 is 29.6 Å². The summed E-state index contributed by atoms with van der Waals surface area (Å²) < 4.78 is 16.7. The van der Waals surface area contributed by atoms with Crippen LogP contribution in [0.1, 0.15) is 65.9 Å². The molecular formula is C35H57N5O8. The number of amides is 4. The first-order chi connectivity index (χ1) is 22.8. The molecule has 0 aliphatic carbocycles. The van der Waals surface area contributed by atoms with E-state index in [0.717, 1.165) is 18.4 Å². The largest absolute Gasteiger partial charge is 0.463 e. The summed E-state index contributed by atoms with van der Waals surface area (Å²) in [5.41, 5.74) is 6.37. The molecule has 0 spiro atoms. The number of methoxy groups -OCH3 is 2. The molecule has 1 aromatic rings. The average molecular weight is 676 g/mol. The molecule has 13 heteroatoms. The van der Waals surface area contributed by atoms with E-state index in [1.165, 1.54) is 21.0 Å². The molecule has 1 aromatic carbocycles. The van der Waals surface area contributed by atoms with Gasteiger partial charge in [-0.05, 0) is 31.2 Å². The molecule has 0 bridgehead atoms. The van der Waals surface area contributed by atoms with Crippen LogP contribution in [0.2, 0.25) is 0 Å². The molecular weight excluding hydrogens is 618 g/mol. The molecule has 1 unspecified atom stereocenters. The van der Waals surface area contributed by atoms with Crippen molar-refractivity contribution in [2.24, 2.45) is 17.6 Å². The van der Waals surface area contributed by atoms with Crippen LogP contribution < -0.4 is 16.4 Å². The van der Waals surface area contributed by atoms with Crippen molar-refractivity contribution in [1.82, 2.24) is 20.4 Å². The van der Waals surface area contributed by atoms with E-state index in [0.29, 0.717) is 13.0 Å². The smallest absolute Gasteiger partial charge is 0.322 e. The molecule has 8 atom stereocenters. The highest BCUT2D eigenvalue weighted by Gasteiger charge is 2.42. The molecule has 0 radical (unpaired) electrons. The van der Waals surface area contributed by atoms with Crippen molar-refractivity contribution in [2.75, 3.05) is 41.0 Å². The summed E-state index contributed by atoms with van der Waals surface area (Å²) in [6.45, 7) is 9.34. The Morgan fingerprint density at radius 2 is 1.71 bits per heavy atom. The Morgan fingerprint density at radius 3 is 2.27 bits per heavy atom. The Bertz CT molecular complexity index is 1200. The zero-order valence-corrected chi connectivity index (χ0v) is 29.9. The first-order valence-electron chi connectivity index (χ1n) is 16.9. The van der Waals surface area contributed by atoms with Gasteiger partial charge in [-0.15, -0.1) is 0 Å². The lowest BCUT2D eigenvalue weighted by molar-refractivity contribution is -0.145. The molecule has 0 saturated carbocycles. The van der Waals surface area contributed by atoms with Crippen molar-refractivity contribution in [1.29, 1.82) is 0 Å². The van der Waals surface area contributed by atoms with Crippen LogP contribution in [0, 0.1) is 11.8 Å². The number of carbonyl (C=O) groups excluding carboxylic acids is 5. The van der Waals surface area contributed by atoms with E-state index in [9.17, 15) is 24.0 Å². The number of nitrogens with two attached hydrogens (primary N) is 1. The van der Waals surface area contributed by atoms with Crippen molar-refractivity contribution < 1.29 is 38.2 Å². The molecule has 48 heavy (non-hydrogen) atoms. The average Bonchev–Trinajstić information content (AvgIpc) is 3.55. The van der Waals surface area contributed by atoms with Gasteiger partial charge >= 0.3 is 5.97 Å². The molecule has 1 aliphatic rings. The third-order valence-electron chi connectivity index (χ3n) is 9.34. The second-order valence-corrected chi connectivity index (χ2v) is 12.8. The number of ether oxygens (including phenoxy) is 3. The molecule has 2 rings (SSSR count). The SMILES string of the molecule is CC[C@H](C)C([C@@H](CC(=O)N1CCC[C@H]1[C@H](OC)[C@@H](C)C(=O)N[C@@H](Cc1ccccc1)C(=O)NCCOC(=O)[C@H](C)N)OC)N(C)C(C)=O. The summed E-state index contributed by atoms with van der Waals surface area (Å²) in [5, 5.41) is 5.62. The van der Waals surface area contributed by atoms with Crippen molar-refractivity contribution in [2.45, 2.75) is 103 Å². The predicted octanol–water partition coefficient (Wildman–Crippen LogP) is 1.66. The molecule has 270 valence electrons. The first-order valence-corrected chi connectivity index (χ1v) is 16.9. The number of hydrogen-bond donors (Lipinski definition) is 3. The van der Waals surface area contributed by atoms with Gasteiger partial charge in [-0.2, -0.15) is 0 Å². The standard InChI is InChI=1S/C35H57N5O8/c1-9-22(2)31(39(6)25(5)41)29(46-7)21-30(42)40-18-13-16-28(40)32(47-8)23(3)33(43)38-27(20-26-14-11-10-12-15-26)34(44)37-17-19-48-35(45)24(4)36/h10-12,14-15,22-24,27-29,31-32H,9,13,16-21,36H2,1-8H3,(H,37,44)(H,38,43)/t22-,23+,24-,27-,28-,29+,31?,32+/m0/s1. The van der Waals surface area contributed by atoms with Crippen LogP contribution >= 0.6 is 0 Å². The zero-order valence-electron chi connectivity index (χ0n) is 29.9. The van der Waals surface area contributed by atoms with E-state index < -0.39 is 48.0 Å². The fraction of sp³-hybridized carbons (Fsp3) is 0.686. The highest BCUT2D eigenvalue weighted by molar-refractivity contribution is 5.89. The highest BCUT2D eigenvalue weighted by Crippen LogP contribution is 2.29. The van der Waals surface area contributed by atoms with Crippen molar-refractivity contribution in [3.8, 4) is 0 Å². The predicted molar refractivity (Wildman–Crippen MR) is 181 cm³/mol. The second kappa shape index (κ2) is 20.1. The summed E-state index contributed by atoms with van der Waals surface area (Å²) in [6, 6.07) is 6.97. The third-order valence-corrected chi connectivity index (χ3v) is 9.34. The minimum Gasteiger partial charge on any atom is -0.463 e. The van der Waals surface area contributed by atoms with Gasteiger partial charge in [-0.25, -0.2) is 0 Å². The Labute approximate surface area is 285 Å². The third kappa shape index (κ3) is 11.6. The van der Waals surface area contributed by atoms with E-state index in [1.54, 1.807) is 30.9 Å². The van der Waals surface area contributed by atoms with E-state index >= 15 is 0 Å². The van der Waals surface area contributed by atoms with Crippen LogP contribution in [-0.4, -0.2) is 117 Å². The number of nitrogens with zero attached hydrogens (tertiary/aromatic N) is 2. The fourth-order valence-corrected chi connectivity index (χ4v) is 6.31. The van der Waals surface area contributed by atoms with Gasteiger partial charge in [0.2, 0.25) is 23.6 Å². The van der Waals surface area contributed by atoms with Gasteiger partial charge in [0.1, 0.15) is 18.7 Å².